The second kappa shape index (κ2) is 7.08. The summed E-state index contributed by atoms with van der Waals surface area (Å²) in [5.41, 5.74) is 1.99. The molecule has 0 bridgehead atoms. The van der Waals surface area contributed by atoms with E-state index in [4.69, 9.17) is 4.74 Å². The third-order valence-electron chi connectivity index (χ3n) is 5.65. The molecule has 2 aromatic rings. The fourth-order valence-corrected chi connectivity index (χ4v) is 4.23. The Morgan fingerprint density at radius 2 is 2.00 bits per heavy atom. The first-order chi connectivity index (χ1) is 12.7. The molecule has 26 heavy (non-hydrogen) atoms. The van der Waals surface area contributed by atoms with Crippen molar-refractivity contribution in [2.75, 3.05) is 26.7 Å². The average Bonchev–Trinajstić information content (AvgIpc) is 3.22. The number of likely N-dealkylation sites (tertiary alicyclic amines) is 2. The minimum atomic E-state index is -0.201. The molecule has 1 aromatic carbocycles. The summed E-state index contributed by atoms with van der Waals surface area (Å²) in [6.45, 7) is 4.14. The first-order valence-electron chi connectivity index (χ1n) is 9.23. The van der Waals surface area contributed by atoms with Crippen LogP contribution in [0.3, 0.4) is 0 Å². The first kappa shape index (κ1) is 17.0. The summed E-state index contributed by atoms with van der Waals surface area (Å²) in [5.74, 6) is 1.15. The van der Waals surface area contributed by atoms with E-state index in [0.29, 0.717) is 12.5 Å². The molecular weight excluding hydrogens is 326 g/mol. The molecule has 2 aliphatic heterocycles. The minimum Gasteiger partial charge on any atom is -0.497 e. The van der Waals surface area contributed by atoms with E-state index in [1.807, 2.05) is 41.4 Å². The van der Waals surface area contributed by atoms with E-state index in [9.17, 15) is 4.79 Å². The van der Waals surface area contributed by atoms with Crippen LogP contribution in [-0.2, 0) is 17.9 Å². The van der Waals surface area contributed by atoms with Crippen molar-refractivity contribution in [1.29, 1.82) is 0 Å². The summed E-state index contributed by atoms with van der Waals surface area (Å²) in [4.78, 5) is 21.9. The quantitative estimate of drug-likeness (QED) is 0.831. The van der Waals surface area contributed by atoms with Gasteiger partial charge in [-0.2, -0.15) is 0 Å². The maximum absolute atomic E-state index is 13.1. The first-order valence-corrected chi connectivity index (χ1v) is 9.23. The maximum Gasteiger partial charge on any atom is 0.230 e. The molecule has 5 nitrogen and oxygen atoms in total. The van der Waals surface area contributed by atoms with E-state index >= 15 is 0 Å². The van der Waals surface area contributed by atoms with Crippen molar-refractivity contribution in [1.82, 2.24) is 14.8 Å². The van der Waals surface area contributed by atoms with Crippen LogP contribution in [0.2, 0.25) is 0 Å². The molecule has 2 saturated heterocycles. The molecule has 0 radical (unpaired) electrons. The smallest absolute Gasteiger partial charge is 0.230 e. The second-order valence-corrected chi connectivity index (χ2v) is 7.39. The Morgan fingerprint density at radius 1 is 1.12 bits per heavy atom. The third-order valence-corrected chi connectivity index (χ3v) is 5.65. The molecule has 1 unspecified atom stereocenters. The zero-order chi connectivity index (χ0) is 18.0. The molecule has 1 atom stereocenters. The fraction of sp³-hybridized carbons (Fsp3) is 0.429. The SMILES string of the molecule is COc1cccc(CN2CCC3(CCN(Cc4ccccn4)C3)C2=O)c1. The molecule has 5 heteroatoms. The van der Waals surface area contributed by atoms with Gasteiger partial charge in [-0.05, 0) is 49.2 Å². The molecule has 2 fully saturated rings. The zero-order valence-corrected chi connectivity index (χ0v) is 15.2. The number of amides is 1. The number of methoxy groups -OCH3 is 1. The Hall–Kier alpha value is -2.40. The predicted molar refractivity (Wildman–Crippen MR) is 99.6 cm³/mol. The Kier molecular flexibility index (Phi) is 4.64. The van der Waals surface area contributed by atoms with Crippen molar-refractivity contribution in [2.24, 2.45) is 5.41 Å². The number of carbonyl (C=O) groups is 1. The van der Waals surface area contributed by atoms with E-state index in [-0.39, 0.29) is 5.41 Å². The van der Waals surface area contributed by atoms with Gasteiger partial charge in [-0.15, -0.1) is 0 Å². The largest absolute Gasteiger partial charge is 0.497 e. The van der Waals surface area contributed by atoms with Gasteiger partial charge in [0.05, 0.1) is 18.2 Å². The van der Waals surface area contributed by atoms with Crippen LogP contribution < -0.4 is 4.74 Å². The summed E-state index contributed by atoms with van der Waals surface area (Å²) in [6, 6.07) is 14.0. The lowest BCUT2D eigenvalue weighted by molar-refractivity contribution is -0.136. The number of carbonyl (C=O) groups excluding carboxylic acids is 1. The number of hydrogen-bond acceptors (Lipinski definition) is 4. The number of benzene rings is 1. The van der Waals surface area contributed by atoms with Crippen LogP contribution in [0, 0.1) is 5.41 Å². The molecule has 3 heterocycles. The van der Waals surface area contributed by atoms with Crippen LogP contribution >= 0.6 is 0 Å². The van der Waals surface area contributed by atoms with E-state index in [0.717, 1.165) is 56.0 Å². The van der Waals surface area contributed by atoms with Gasteiger partial charge in [-0.3, -0.25) is 14.7 Å². The van der Waals surface area contributed by atoms with Crippen molar-refractivity contribution in [2.45, 2.75) is 25.9 Å². The number of nitrogens with zero attached hydrogens (tertiary/aromatic N) is 3. The lowest BCUT2D eigenvalue weighted by Crippen LogP contribution is -2.36. The fourth-order valence-electron chi connectivity index (χ4n) is 4.23. The van der Waals surface area contributed by atoms with Gasteiger partial charge < -0.3 is 9.64 Å². The highest BCUT2D eigenvalue weighted by Gasteiger charge is 2.50. The summed E-state index contributed by atoms with van der Waals surface area (Å²) < 4.78 is 5.29. The number of rotatable bonds is 5. The van der Waals surface area contributed by atoms with Gasteiger partial charge in [0, 0.05) is 32.4 Å². The van der Waals surface area contributed by atoms with E-state index in [2.05, 4.69) is 22.0 Å². The molecular formula is C21H25N3O2. The molecule has 1 aromatic heterocycles. The van der Waals surface area contributed by atoms with Crippen LogP contribution in [-0.4, -0.2) is 47.4 Å². The highest BCUT2D eigenvalue weighted by Crippen LogP contribution is 2.41. The number of pyridine rings is 1. The van der Waals surface area contributed by atoms with Gasteiger partial charge in [0.2, 0.25) is 5.91 Å². The molecule has 4 rings (SSSR count). The third kappa shape index (κ3) is 3.31. The van der Waals surface area contributed by atoms with Gasteiger partial charge in [-0.25, -0.2) is 0 Å². The van der Waals surface area contributed by atoms with Crippen LogP contribution in [0.4, 0.5) is 0 Å². The van der Waals surface area contributed by atoms with E-state index in [1.54, 1.807) is 7.11 Å². The van der Waals surface area contributed by atoms with E-state index in [1.165, 1.54) is 0 Å². The van der Waals surface area contributed by atoms with Crippen LogP contribution in [0.15, 0.2) is 48.7 Å². The zero-order valence-electron chi connectivity index (χ0n) is 15.2. The lowest BCUT2D eigenvalue weighted by atomic mass is 9.85. The van der Waals surface area contributed by atoms with Crippen molar-refractivity contribution >= 4 is 5.91 Å². The molecule has 0 N–H and O–H groups in total. The normalized spacial score (nSPS) is 23.1. The molecule has 2 aliphatic rings. The summed E-state index contributed by atoms with van der Waals surface area (Å²) in [7, 11) is 1.67. The van der Waals surface area contributed by atoms with Crippen LogP contribution in [0.1, 0.15) is 24.1 Å². The van der Waals surface area contributed by atoms with Crippen molar-refractivity contribution in [3.8, 4) is 5.75 Å². The number of aromatic nitrogens is 1. The molecule has 136 valence electrons. The van der Waals surface area contributed by atoms with E-state index < -0.39 is 0 Å². The van der Waals surface area contributed by atoms with Crippen molar-refractivity contribution in [3.63, 3.8) is 0 Å². The molecule has 1 spiro atoms. The summed E-state index contributed by atoms with van der Waals surface area (Å²) >= 11 is 0. The van der Waals surface area contributed by atoms with Crippen molar-refractivity contribution in [3.05, 3.63) is 59.9 Å². The van der Waals surface area contributed by atoms with Crippen LogP contribution in [0.25, 0.3) is 0 Å². The minimum absolute atomic E-state index is 0.201. The molecule has 1 amide bonds. The highest BCUT2D eigenvalue weighted by atomic mass is 16.5. The molecule has 0 aliphatic carbocycles. The van der Waals surface area contributed by atoms with Gasteiger partial charge >= 0.3 is 0 Å². The number of hydrogen-bond donors (Lipinski definition) is 0. The maximum atomic E-state index is 13.1. The topological polar surface area (TPSA) is 45.7 Å². The average molecular weight is 351 g/mol. The van der Waals surface area contributed by atoms with Crippen molar-refractivity contribution < 1.29 is 9.53 Å². The lowest BCUT2D eigenvalue weighted by Gasteiger charge is -2.24. The van der Waals surface area contributed by atoms with Gasteiger partial charge in [0.1, 0.15) is 5.75 Å². The monoisotopic (exact) mass is 351 g/mol. The summed E-state index contributed by atoms with van der Waals surface area (Å²) in [6.07, 6.45) is 3.74. The highest BCUT2D eigenvalue weighted by molar-refractivity contribution is 5.85. The second-order valence-electron chi connectivity index (χ2n) is 7.39. The Balaban J connectivity index is 1.40. The Labute approximate surface area is 154 Å². The standard InChI is InChI=1S/C21H25N3O2/c1-26-19-7-4-5-17(13-19)14-24-12-9-21(20(24)25)8-11-23(16-21)15-18-6-2-3-10-22-18/h2-7,10,13H,8-9,11-12,14-16H2,1H3. The van der Waals surface area contributed by atoms with Gasteiger partial charge in [0.25, 0.3) is 0 Å². The number of ether oxygens (including phenoxy) is 1. The predicted octanol–water partition coefficient (Wildman–Crippen LogP) is 2.71. The Bertz CT molecular complexity index is 780. The Morgan fingerprint density at radius 3 is 2.81 bits per heavy atom. The summed E-state index contributed by atoms with van der Waals surface area (Å²) in [5, 5.41) is 0. The van der Waals surface area contributed by atoms with Gasteiger partial charge in [0.15, 0.2) is 0 Å². The van der Waals surface area contributed by atoms with Crippen LogP contribution in [0.5, 0.6) is 5.75 Å². The van der Waals surface area contributed by atoms with Gasteiger partial charge in [-0.1, -0.05) is 18.2 Å². The molecule has 0 saturated carbocycles.